The molecule has 0 aliphatic heterocycles. The molecule has 1 fully saturated rings. The normalized spacial score (nSPS) is 27.4. The number of carbonyl (C=O) groups excluding carboxylic acids is 1. The molecule has 84 valence electrons. The number of ether oxygens (including phenoxy) is 1. The summed E-state index contributed by atoms with van der Waals surface area (Å²) in [4.78, 5) is 12.0. The van der Waals surface area contributed by atoms with Crippen LogP contribution >= 0.6 is 0 Å². The van der Waals surface area contributed by atoms with E-state index in [-0.39, 0.29) is 5.92 Å². The highest BCUT2D eigenvalue weighted by molar-refractivity contribution is 5.86. The van der Waals surface area contributed by atoms with E-state index < -0.39 is 0 Å². The van der Waals surface area contributed by atoms with Crippen LogP contribution in [-0.4, -0.2) is 12.9 Å². The molecule has 2 nitrogen and oxygen atoms in total. The summed E-state index contributed by atoms with van der Waals surface area (Å²) in [6.45, 7) is 0. The van der Waals surface area contributed by atoms with E-state index >= 15 is 0 Å². The molecule has 0 spiro atoms. The van der Waals surface area contributed by atoms with Crippen LogP contribution in [0, 0.1) is 11.8 Å². The summed E-state index contributed by atoms with van der Waals surface area (Å²) in [5.74, 6) is 1.97. The standard InChI is InChI=1S/C14H16O2/c1-16-13-5-4-9-6-10-2-3-11(14(10)15)7-12(9)8-13/h4-5,8,10-11H,2-3,6-7H2,1H3. The molecular formula is C14H16O2. The molecule has 2 atom stereocenters. The fraction of sp³-hybridized carbons (Fsp3) is 0.500. The van der Waals surface area contributed by atoms with Crippen LogP contribution in [0.3, 0.4) is 0 Å². The minimum Gasteiger partial charge on any atom is -0.497 e. The van der Waals surface area contributed by atoms with Crippen LogP contribution in [0.25, 0.3) is 0 Å². The Kier molecular flexibility index (Phi) is 2.23. The molecule has 16 heavy (non-hydrogen) atoms. The van der Waals surface area contributed by atoms with Crippen molar-refractivity contribution in [3.05, 3.63) is 29.3 Å². The quantitative estimate of drug-likeness (QED) is 0.720. The Labute approximate surface area is 95.6 Å². The number of fused-ring (bicyclic) bond motifs is 3. The van der Waals surface area contributed by atoms with Crippen LogP contribution in [0.4, 0.5) is 0 Å². The van der Waals surface area contributed by atoms with E-state index in [0.29, 0.717) is 11.7 Å². The van der Waals surface area contributed by atoms with Crippen molar-refractivity contribution in [2.45, 2.75) is 25.7 Å². The van der Waals surface area contributed by atoms with E-state index in [1.54, 1.807) is 7.11 Å². The number of Topliss-reactive ketones (excluding diaryl/α,β-unsaturated/α-hetero) is 1. The van der Waals surface area contributed by atoms with E-state index in [1.165, 1.54) is 11.1 Å². The van der Waals surface area contributed by atoms with E-state index in [4.69, 9.17) is 4.74 Å². The zero-order valence-corrected chi connectivity index (χ0v) is 9.53. The van der Waals surface area contributed by atoms with E-state index in [9.17, 15) is 4.79 Å². The zero-order chi connectivity index (χ0) is 11.1. The van der Waals surface area contributed by atoms with Gasteiger partial charge in [-0.1, -0.05) is 6.07 Å². The van der Waals surface area contributed by atoms with Crippen molar-refractivity contribution in [1.29, 1.82) is 0 Å². The average Bonchev–Trinajstić information content (AvgIpc) is 2.55. The van der Waals surface area contributed by atoms with Crippen molar-refractivity contribution in [2.75, 3.05) is 7.11 Å². The predicted molar refractivity (Wildman–Crippen MR) is 61.6 cm³/mol. The molecule has 0 radical (unpaired) electrons. The SMILES string of the molecule is COc1ccc2c(c1)CC1CCC(C2)C1=O. The summed E-state index contributed by atoms with van der Waals surface area (Å²) in [5.41, 5.74) is 2.67. The van der Waals surface area contributed by atoms with E-state index in [0.717, 1.165) is 31.4 Å². The van der Waals surface area contributed by atoms with Gasteiger partial charge in [-0.3, -0.25) is 4.79 Å². The Morgan fingerprint density at radius 1 is 1.12 bits per heavy atom. The number of hydrogen-bond acceptors (Lipinski definition) is 2. The first-order valence-corrected chi connectivity index (χ1v) is 5.97. The van der Waals surface area contributed by atoms with Crippen LogP contribution in [0.15, 0.2) is 18.2 Å². The highest BCUT2D eigenvalue weighted by Crippen LogP contribution is 2.37. The molecule has 2 heteroatoms. The van der Waals surface area contributed by atoms with Gasteiger partial charge in [0.1, 0.15) is 11.5 Å². The fourth-order valence-electron chi connectivity index (χ4n) is 3.07. The van der Waals surface area contributed by atoms with Gasteiger partial charge in [-0.15, -0.1) is 0 Å². The van der Waals surface area contributed by atoms with Crippen molar-refractivity contribution in [1.82, 2.24) is 0 Å². The molecule has 2 aliphatic carbocycles. The summed E-state index contributed by atoms with van der Waals surface area (Å²) in [6, 6.07) is 6.23. The minimum atomic E-state index is 0.276. The lowest BCUT2D eigenvalue weighted by molar-refractivity contribution is -0.123. The van der Waals surface area contributed by atoms with E-state index in [1.807, 2.05) is 6.07 Å². The first kappa shape index (κ1) is 9.88. The van der Waals surface area contributed by atoms with Gasteiger partial charge >= 0.3 is 0 Å². The number of hydrogen-bond donors (Lipinski definition) is 0. The lowest BCUT2D eigenvalue weighted by atomic mass is 9.93. The third-order valence-corrected chi connectivity index (χ3v) is 4.01. The fourth-order valence-corrected chi connectivity index (χ4v) is 3.07. The van der Waals surface area contributed by atoms with Crippen molar-refractivity contribution >= 4 is 5.78 Å². The van der Waals surface area contributed by atoms with Crippen LogP contribution in [0.2, 0.25) is 0 Å². The second-order valence-corrected chi connectivity index (χ2v) is 4.92. The molecule has 0 aromatic heterocycles. The Hall–Kier alpha value is -1.31. The van der Waals surface area contributed by atoms with Crippen LogP contribution in [-0.2, 0) is 17.6 Å². The highest BCUT2D eigenvalue weighted by Gasteiger charge is 2.37. The van der Waals surface area contributed by atoms with Crippen molar-refractivity contribution < 1.29 is 9.53 Å². The summed E-state index contributed by atoms with van der Waals surface area (Å²) in [5, 5.41) is 0. The summed E-state index contributed by atoms with van der Waals surface area (Å²) >= 11 is 0. The smallest absolute Gasteiger partial charge is 0.139 e. The third kappa shape index (κ3) is 1.44. The zero-order valence-electron chi connectivity index (χ0n) is 9.53. The third-order valence-electron chi connectivity index (χ3n) is 4.01. The number of rotatable bonds is 1. The van der Waals surface area contributed by atoms with E-state index in [2.05, 4.69) is 12.1 Å². The molecular weight excluding hydrogens is 200 g/mol. The van der Waals surface area contributed by atoms with Gasteiger partial charge in [0.25, 0.3) is 0 Å². The Balaban J connectivity index is 2.01. The molecule has 2 aliphatic rings. The van der Waals surface area contributed by atoms with Crippen molar-refractivity contribution in [3.63, 3.8) is 0 Å². The number of carbonyl (C=O) groups is 1. The molecule has 0 amide bonds. The molecule has 3 rings (SSSR count). The monoisotopic (exact) mass is 216 g/mol. The molecule has 1 aromatic rings. The Morgan fingerprint density at radius 2 is 1.81 bits per heavy atom. The summed E-state index contributed by atoms with van der Waals surface area (Å²) in [6.07, 6.45) is 4.03. The topological polar surface area (TPSA) is 26.3 Å². The van der Waals surface area contributed by atoms with Crippen LogP contribution in [0.1, 0.15) is 24.0 Å². The van der Waals surface area contributed by atoms with Crippen molar-refractivity contribution in [2.24, 2.45) is 11.8 Å². The second kappa shape index (κ2) is 3.62. The molecule has 1 aromatic carbocycles. The van der Waals surface area contributed by atoms with Gasteiger partial charge in [-0.05, 0) is 48.9 Å². The van der Waals surface area contributed by atoms with Gasteiger partial charge < -0.3 is 4.74 Å². The Morgan fingerprint density at radius 3 is 2.50 bits per heavy atom. The number of benzene rings is 1. The van der Waals surface area contributed by atoms with Gasteiger partial charge in [-0.25, -0.2) is 0 Å². The number of ketones is 1. The summed E-state index contributed by atoms with van der Waals surface area (Å²) < 4.78 is 5.24. The Bertz CT molecular complexity index is 436. The average molecular weight is 216 g/mol. The number of methoxy groups -OCH3 is 1. The van der Waals surface area contributed by atoms with Gasteiger partial charge in [0.05, 0.1) is 7.11 Å². The second-order valence-electron chi connectivity index (χ2n) is 4.92. The lowest BCUT2D eigenvalue weighted by Gasteiger charge is -2.13. The molecule has 2 bridgehead atoms. The minimum absolute atomic E-state index is 0.276. The maximum absolute atomic E-state index is 12.0. The molecule has 0 saturated heterocycles. The van der Waals surface area contributed by atoms with Crippen LogP contribution in [0.5, 0.6) is 5.75 Å². The van der Waals surface area contributed by atoms with Gasteiger partial charge in [-0.2, -0.15) is 0 Å². The molecule has 0 N–H and O–H groups in total. The maximum atomic E-state index is 12.0. The van der Waals surface area contributed by atoms with Gasteiger partial charge in [0.15, 0.2) is 0 Å². The molecule has 0 heterocycles. The first-order chi connectivity index (χ1) is 7.78. The van der Waals surface area contributed by atoms with Crippen LogP contribution < -0.4 is 4.74 Å². The summed E-state index contributed by atoms with van der Waals surface area (Å²) in [7, 11) is 1.69. The highest BCUT2D eigenvalue weighted by atomic mass is 16.5. The largest absolute Gasteiger partial charge is 0.497 e. The first-order valence-electron chi connectivity index (χ1n) is 5.97. The molecule has 2 unspecified atom stereocenters. The lowest BCUT2D eigenvalue weighted by Crippen LogP contribution is -2.13. The molecule has 1 saturated carbocycles. The van der Waals surface area contributed by atoms with Gasteiger partial charge in [0.2, 0.25) is 0 Å². The maximum Gasteiger partial charge on any atom is 0.139 e. The van der Waals surface area contributed by atoms with Crippen molar-refractivity contribution in [3.8, 4) is 5.75 Å². The van der Waals surface area contributed by atoms with Gasteiger partial charge in [0, 0.05) is 11.8 Å². The predicted octanol–water partition coefficient (Wildman–Crippen LogP) is 2.39.